The molecule has 3 aliphatic rings. The topological polar surface area (TPSA) is 125 Å². The van der Waals surface area contributed by atoms with E-state index in [1.54, 1.807) is 0 Å². The number of nitrogens with one attached hydrogen (secondary N) is 1. The number of hydrogen-bond acceptors (Lipinski definition) is 7. The van der Waals surface area contributed by atoms with Crippen LogP contribution in [-0.2, 0) is 24.0 Å². The van der Waals surface area contributed by atoms with Gasteiger partial charge < -0.3 is 24.6 Å². The number of β-lactam (4-membered cyclic amide) rings is 1. The average molecular weight is 506 g/mol. The Kier molecular flexibility index (Phi) is 7.08. The molecule has 166 valence electrons. The molecule has 4 unspecified atom stereocenters. The summed E-state index contributed by atoms with van der Waals surface area (Å²) in [6.45, 7) is 2.75. The Labute approximate surface area is 187 Å². The van der Waals surface area contributed by atoms with E-state index < -0.39 is 46.7 Å². The number of hydrogen-bond donors (Lipinski definition) is 2. The number of aliphatic carboxylic acids is 1. The smallest absolute Gasteiger partial charge is 0.327 e. The van der Waals surface area contributed by atoms with Crippen molar-refractivity contribution in [1.29, 1.82) is 0 Å². The van der Waals surface area contributed by atoms with E-state index in [0.717, 1.165) is 30.4 Å². The monoisotopic (exact) mass is 505 g/mol. The fourth-order valence-electron chi connectivity index (χ4n) is 4.54. The molecule has 3 aliphatic heterocycles. The van der Waals surface area contributed by atoms with Crippen molar-refractivity contribution in [3.05, 3.63) is 0 Å². The first-order valence-corrected chi connectivity index (χ1v) is 11.9. The lowest BCUT2D eigenvalue weighted by Crippen LogP contribution is -2.76. The molecule has 4 atom stereocenters. The van der Waals surface area contributed by atoms with E-state index in [-0.39, 0.29) is 11.2 Å². The van der Waals surface area contributed by atoms with Gasteiger partial charge in [-0.25, -0.2) is 4.79 Å². The van der Waals surface area contributed by atoms with Crippen LogP contribution in [0.5, 0.6) is 0 Å². The van der Waals surface area contributed by atoms with E-state index in [4.69, 9.17) is 0 Å². The molecule has 3 saturated heterocycles. The van der Waals surface area contributed by atoms with Gasteiger partial charge in [-0.3, -0.25) is 14.4 Å². The highest BCUT2D eigenvalue weighted by molar-refractivity contribution is 9.09. The summed E-state index contributed by atoms with van der Waals surface area (Å²) in [6, 6.07) is -1.81. The van der Waals surface area contributed by atoms with Crippen LogP contribution in [-0.4, -0.2) is 106 Å². The molecule has 2 N–H and O–H groups in total. The molecule has 0 saturated carbocycles. The van der Waals surface area contributed by atoms with Crippen LogP contribution in [0.2, 0.25) is 0 Å². The molecule has 0 spiro atoms. The number of likely N-dealkylation sites (tertiary alicyclic amines) is 1. The molecular formula is C18H26BrN4O6S+. The van der Waals surface area contributed by atoms with Crippen LogP contribution in [0.4, 0.5) is 0 Å². The van der Waals surface area contributed by atoms with Crippen molar-refractivity contribution in [2.24, 2.45) is 11.1 Å². The number of halogens is 1. The van der Waals surface area contributed by atoms with Gasteiger partial charge in [-0.2, -0.15) is 0 Å². The van der Waals surface area contributed by atoms with Crippen LogP contribution >= 0.6 is 27.7 Å². The zero-order valence-corrected chi connectivity index (χ0v) is 19.3. The van der Waals surface area contributed by atoms with Crippen LogP contribution in [0.3, 0.4) is 0 Å². The molecule has 3 rings (SSSR count). The number of quaternary nitrogens is 1. The molecular weight excluding hydrogens is 480 g/mol. The number of ketones is 1. The van der Waals surface area contributed by atoms with Gasteiger partial charge >= 0.3 is 5.97 Å². The molecule has 30 heavy (non-hydrogen) atoms. The lowest BCUT2D eigenvalue weighted by Gasteiger charge is -2.54. The van der Waals surface area contributed by atoms with Crippen LogP contribution in [0, 0.1) is 5.92 Å². The van der Waals surface area contributed by atoms with E-state index in [1.165, 1.54) is 23.8 Å². The summed E-state index contributed by atoms with van der Waals surface area (Å²) in [4.78, 5) is 55.1. The molecule has 3 fully saturated rings. The Morgan fingerprint density at radius 2 is 2.03 bits per heavy atom. The summed E-state index contributed by atoms with van der Waals surface area (Å²) in [5, 5.41) is 15.2. The second-order valence-electron chi connectivity index (χ2n) is 8.10. The van der Waals surface area contributed by atoms with Gasteiger partial charge in [0.1, 0.15) is 24.6 Å². The number of Topliss-reactive ketones (excluding diaryl/α,β-unsaturated/α-hetero) is 1. The molecule has 2 amide bonds. The van der Waals surface area contributed by atoms with Gasteiger partial charge in [0.05, 0.1) is 32.0 Å². The number of carboxylic acids is 1. The number of carboxylic acid groups (broad SMARTS) is 1. The Balaban J connectivity index is 1.71. The van der Waals surface area contributed by atoms with Crippen LogP contribution in [0.15, 0.2) is 5.16 Å². The number of fused-ring (bicyclic) bond motifs is 1. The molecule has 0 aromatic carbocycles. The number of thioether (sulfide) groups is 1. The molecule has 3 heterocycles. The van der Waals surface area contributed by atoms with E-state index in [9.17, 15) is 24.3 Å². The van der Waals surface area contributed by atoms with E-state index >= 15 is 0 Å². The second-order valence-corrected chi connectivity index (χ2v) is 9.81. The predicted molar refractivity (Wildman–Crippen MR) is 113 cm³/mol. The molecule has 0 bridgehead atoms. The first-order chi connectivity index (χ1) is 14.2. The Morgan fingerprint density at radius 3 is 2.60 bits per heavy atom. The first kappa shape index (κ1) is 23.0. The highest BCUT2D eigenvalue weighted by atomic mass is 79.9. The average Bonchev–Trinajstić information content (AvgIpc) is 3.14. The predicted octanol–water partition coefficient (Wildman–Crippen LogP) is -0.337. The Bertz CT molecular complexity index is 772. The number of amides is 2. The van der Waals surface area contributed by atoms with Crippen molar-refractivity contribution in [1.82, 2.24) is 10.2 Å². The zero-order chi connectivity index (χ0) is 22.1. The summed E-state index contributed by atoms with van der Waals surface area (Å²) >= 11 is 4.45. The molecule has 12 heteroatoms. The fraction of sp³-hybridized carbons (Fsp3) is 0.722. The van der Waals surface area contributed by atoms with Gasteiger partial charge in [0.15, 0.2) is 0 Å². The van der Waals surface area contributed by atoms with Crippen molar-refractivity contribution < 1.29 is 33.6 Å². The zero-order valence-electron chi connectivity index (χ0n) is 16.9. The van der Waals surface area contributed by atoms with Gasteiger partial charge in [0.2, 0.25) is 17.4 Å². The third-order valence-electron chi connectivity index (χ3n) is 5.95. The minimum absolute atomic E-state index is 0.120. The SMILES string of the molecule is CO/N=C(\C(=O)CBr)C(=O)NC1C(=O)N2C1SCC(C[N+]1(C)CCCC1)C2C(=O)O. The highest BCUT2D eigenvalue weighted by Crippen LogP contribution is 2.41. The lowest BCUT2D eigenvalue weighted by atomic mass is 9.92. The Hall–Kier alpha value is -1.66. The minimum Gasteiger partial charge on any atom is -0.480 e. The maximum atomic E-state index is 12.8. The molecule has 10 nitrogen and oxygen atoms in total. The Morgan fingerprint density at radius 1 is 1.37 bits per heavy atom. The standard InChI is InChI=1S/C18H25BrN4O6S/c1-23(5-3-4-6-23)8-10-9-30-17-13(16(26)22(17)14(10)18(27)28)20-15(25)12(21-29-2)11(24)7-19/h10,13-14,17H,3-9H2,1-2H3,(H-,20,25,27,28)/p+1/b21-12+. The minimum atomic E-state index is -1.02. The maximum absolute atomic E-state index is 12.8. The normalized spacial score (nSPS) is 30.3. The van der Waals surface area contributed by atoms with E-state index in [1.807, 2.05) is 0 Å². The molecule has 0 aromatic rings. The van der Waals surface area contributed by atoms with Crippen LogP contribution < -0.4 is 5.32 Å². The summed E-state index contributed by atoms with van der Waals surface area (Å²) in [5.41, 5.74) is -0.444. The summed E-state index contributed by atoms with van der Waals surface area (Å²) in [6.07, 6.45) is 2.26. The quantitative estimate of drug-likeness (QED) is 0.115. The summed E-state index contributed by atoms with van der Waals surface area (Å²) < 4.78 is 0.827. The molecule has 0 aromatic heterocycles. The van der Waals surface area contributed by atoms with E-state index in [0.29, 0.717) is 12.3 Å². The van der Waals surface area contributed by atoms with Gasteiger partial charge in [-0.05, 0) is 0 Å². The van der Waals surface area contributed by atoms with Crippen molar-refractivity contribution in [2.75, 3.05) is 44.9 Å². The van der Waals surface area contributed by atoms with Gasteiger partial charge in [0.25, 0.3) is 5.91 Å². The lowest BCUT2D eigenvalue weighted by molar-refractivity contribution is -0.900. The van der Waals surface area contributed by atoms with Gasteiger partial charge in [0, 0.05) is 24.5 Å². The molecule has 0 radical (unpaired) electrons. The summed E-state index contributed by atoms with van der Waals surface area (Å²) in [7, 11) is 3.35. The largest absolute Gasteiger partial charge is 0.480 e. The van der Waals surface area contributed by atoms with E-state index in [2.05, 4.69) is 38.3 Å². The number of carbonyl (C=O) groups excluding carboxylic acids is 3. The number of oxime groups is 1. The second kappa shape index (κ2) is 9.23. The fourth-order valence-corrected chi connectivity index (χ4v) is 6.31. The number of nitrogens with zero attached hydrogens (tertiary/aromatic N) is 3. The number of rotatable bonds is 8. The molecule has 0 aliphatic carbocycles. The first-order valence-electron chi connectivity index (χ1n) is 9.73. The van der Waals surface area contributed by atoms with Crippen molar-refractivity contribution in [3.63, 3.8) is 0 Å². The third kappa shape index (κ3) is 4.35. The van der Waals surface area contributed by atoms with Gasteiger partial charge in [-0.15, -0.1) is 11.8 Å². The van der Waals surface area contributed by atoms with Crippen molar-refractivity contribution >= 4 is 57.0 Å². The van der Waals surface area contributed by atoms with Crippen LogP contribution in [0.25, 0.3) is 0 Å². The summed E-state index contributed by atoms with van der Waals surface area (Å²) in [5.74, 6) is -2.45. The number of alkyl halides is 1. The van der Waals surface area contributed by atoms with Gasteiger partial charge in [-0.1, -0.05) is 21.1 Å². The highest BCUT2D eigenvalue weighted by Gasteiger charge is 2.59. The number of carbonyl (C=O) groups is 4. The maximum Gasteiger partial charge on any atom is 0.327 e. The van der Waals surface area contributed by atoms with Crippen molar-refractivity contribution in [3.8, 4) is 0 Å². The van der Waals surface area contributed by atoms with Crippen molar-refractivity contribution in [2.45, 2.75) is 30.3 Å². The van der Waals surface area contributed by atoms with Crippen LogP contribution in [0.1, 0.15) is 12.8 Å². The third-order valence-corrected chi connectivity index (χ3v) is 7.92.